The molecular formula is C12H18N2O2. The molecule has 2 aliphatic carbocycles. The molecule has 0 aromatic heterocycles. The summed E-state index contributed by atoms with van der Waals surface area (Å²) < 4.78 is 0. The molecule has 1 atom stereocenters. The molecule has 2 saturated carbocycles. The first-order chi connectivity index (χ1) is 7.59. The maximum Gasteiger partial charge on any atom is 0.247 e. The van der Waals surface area contributed by atoms with Crippen LogP contribution in [0.3, 0.4) is 0 Å². The number of rotatable bonds is 4. The lowest BCUT2D eigenvalue weighted by Gasteiger charge is -2.16. The molecule has 1 saturated heterocycles. The number of carbonyl (C=O) groups excluding carboxylic acids is 2. The topological polar surface area (TPSA) is 49.4 Å². The van der Waals surface area contributed by atoms with Gasteiger partial charge in [-0.1, -0.05) is 6.92 Å². The second-order valence-electron chi connectivity index (χ2n) is 5.78. The normalized spacial score (nSPS) is 32.3. The third kappa shape index (κ3) is 1.75. The van der Waals surface area contributed by atoms with Crippen LogP contribution in [0, 0.1) is 5.41 Å². The number of nitrogens with zero attached hydrogens (tertiary/aromatic N) is 1. The van der Waals surface area contributed by atoms with Crippen LogP contribution in [0.25, 0.3) is 0 Å². The van der Waals surface area contributed by atoms with Crippen molar-refractivity contribution in [1.82, 2.24) is 10.2 Å². The van der Waals surface area contributed by atoms with Gasteiger partial charge in [0.05, 0.1) is 12.5 Å². The summed E-state index contributed by atoms with van der Waals surface area (Å²) in [4.78, 5) is 25.2. The maximum atomic E-state index is 12.0. The molecule has 0 radical (unpaired) electrons. The minimum absolute atomic E-state index is 0.0109. The van der Waals surface area contributed by atoms with Crippen LogP contribution >= 0.6 is 0 Å². The molecule has 1 N–H and O–H groups in total. The van der Waals surface area contributed by atoms with Gasteiger partial charge in [0.2, 0.25) is 11.8 Å². The highest BCUT2D eigenvalue weighted by Gasteiger charge is 2.47. The Hall–Kier alpha value is -0.900. The fourth-order valence-electron chi connectivity index (χ4n) is 2.29. The summed E-state index contributed by atoms with van der Waals surface area (Å²) in [6.45, 7) is 3.09. The van der Waals surface area contributed by atoms with Crippen LogP contribution in [0.5, 0.6) is 0 Å². The standard InChI is InChI=1S/C12H18N2O2/c1-12(4-5-12)7-13-9-6-10(15)14(11(9)16)8-2-3-8/h8-9,13H,2-7H2,1H3. The Balaban J connectivity index is 1.59. The Kier molecular flexibility index (Phi) is 2.11. The number of likely N-dealkylation sites (tertiary alicyclic amines) is 1. The van der Waals surface area contributed by atoms with Crippen molar-refractivity contribution in [3.05, 3.63) is 0 Å². The van der Waals surface area contributed by atoms with Gasteiger partial charge in [-0.2, -0.15) is 0 Å². The average Bonchev–Trinajstić information content (AvgIpc) is 3.12. The third-order valence-corrected chi connectivity index (χ3v) is 3.97. The van der Waals surface area contributed by atoms with Crippen molar-refractivity contribution in [2.24, 2.45) is 5.41 Å². The smallest absolute Gasteiger partial charge is 0.247 e. The quantitative estimate of drug-likeness (QED) is 0.711. The van der Waals surface area contributed by atoms with Crippen LogP contribution in [-0.2, 0) is 9.59 Å². The highest BCUT2D eigenvalue weighted by molar-refractivity contribution is 6.06. The minimum atomic E-state index is -0.245. The van der Waals surface area contributed by atoms with E-state index in [0.717, 1.165) is 19.4 Å². The van der Waals surface area contributed by atoms with Crippen molar-refractivity contribution in [3.8, 4) is 0 Å². The summed E-state index contributed by atoms with van der Waals surface area (Å²) in [6, 6.07) is -0.0196. The Morgan fingerprint density at radius 3 is 2.62 bits per heavy atom. The summed E-state index contributed by atoms with van der Waals surface area (Å²) >= 11 is 0. The molecule has 2 amide bonds. The predicted molar refractivity (Wildman–Crippen MR) is 58.6 cm³/mol. The monoisotopic (exact) mass is 222 g/mol. The maximum absolute atomic E-state index is 12.0. The van der Waals surface area contributed by atoms with Crippen molar-refractivity contribution < 1.29 is 9.59 Å². The van der Waals surface area contributed by atoms with Crippen molar-refractivity contribution in [3.63, 3.8) is 0 Å². The van der Waals surface area contributed by atoms with E-state index < -0.39 is 0 Å². The Bertz CT molecular complexity index is 345. The number of hydrogen-bond acceptors (Lipinski definition) is 3. The summed E-state index contributed by atoms with van der Waals surface area (Å²) in [6.07, 6.45) is 4.84. The van der Waals surface area contributed by atoms with E-state index in [2.05, 4.69) is 12.2 Å². The second kappa shape index (κ2) is 3.29. The van der Waals surface area contributed by atoms with Crippen LogP contribution in [0.2, 0.25) is 0 Å². The van der Waals surface area contributed by atoms with E-state index in [4.69, 9.17) is 0 Å². The summed E-state index contributed by atoms with van der Waals surface area (Å²) in [7, 11) is 0. The lowest BCUT2D eigenvalue weighted by atomic mass is 10.1. The predicted octanol–water partition coefficient (Wildman–Crippen LogP) is 0.666. The van der Waals surface area contributed by atoms with Gasteiger partial charge in [-0.3, -0.25) is 14.5 Å². The number of hydrogen-bond donors (Lipinski definition) is 1. The molecule has 1 aliphatic heterocycles. The van der Waals surface area contributed by atoms with E-state index in [0.29, 0.717) is 11.8 Å². The van der Waals surface area contributed by atoms with Gasteiger partial charge in [-0.05, 0) is 31.1 Å². The van der Waals surface area contributed by atoms with Gasteiger partial charge in [0.1, 0.15) is 0 Å². The molecule has 3 rings (SSSR count). The van der Waals surface area contributed by atoms with E-state index in [1.807, 2.05) is 0 Å². The van der Waals surface area contributed by atoms with Gasteiger partial charge in [0.15, 0.2) is 0 Å². The van der Waals surface area contributed by atoms with Crippen LogP contribution in [0.1, 0.15) is 39.0 Å². The average molecular weight is 222 g/mol. The fourth-order valence-corrected chi connectivity index (χ4v) is 2.29. The number of amides is 2. The van der Waals surface area contributed by atoms with Crippen LogP contribution in [0.4, 0.5) is 0 Å². The van der Waals surface area contributed by atoms with Gasteiger partial charge < -0.3 is 5.32 Å². The molecule has 16 heavy (non-hydrogen) atoms. The van der Waals surface area contributed by atoms with Gasteiger partial charge in [0.25, 0.3) is 0 Å². The summed E-state index contributed by atoms with van der Waals surface area (Å²) in [5, 5.41) is 3.26. The number of imide groups is 1. The fraction of sp³-hybridized carbons (Fsp3) is 0.833. The second-order valence-corrected chi connectivity index (χ2v) is 5.78. The van der Waals surface area contributed by atoms with Crippen molar-refractivity contribution in [1.29, 1.82) is 0 Å². The molecule has 88 valence electrons. The van der Waals surface area contributed by atoms with Crippen molar-refractivity contribution in [2.45, 2.75) is 51.1 Å². The first-order valence-corrected chi connectivity index (χ1v) is 6.18. The minimum Gasteiger partial charge on any atom is -0.305 e. The molecule has 1 heterocycles. The largest absolute Gasteiger partial charge is 0.305 e. The zero-order chi connectivity index (χ0) is 11.3. The lowest BCUT2D eigenvalue weighted by molar-refractivity contribution is -0.139. The van der Waals surface area contributed by atoms with E-state index in [9.17, 15) is 9.59 Å². The van der Waals surface area contributed by atoms with Crippen molar-refractivity contribution >= 4 is 11.8 Å². The first kappa shape index (κ1) is 10.3. The molecule has 0 aromatic carbocycles. The summed E-state index contributed by atoms with van der Waals surface area (Å²) in [5.41, 5.74) is 0.385. The molecule has 4 nitrogen and oxygen atoms in total. The van der Waals surface area contributed by atoms with E-state index in [-0.39, 0.29) is 23.9 Å². The van der Waals surface area contributed by atoms with E-state index >= 15 is 0 Å². The molecule has 0 bridgehead atoms. The zero-order valence-corrected chi connectivity index (χ0v) is 9.66. The Morgan fingerprint density at radius 2 is 2.06 bits per heavy atom. The van der Waals surface area contributed by atoms with Gasteiger partial charge in [-0.15, -0.1) is 0 Å². The molecule has 1 unspecified atom stereocenters. The molecule has 0 spiro atoms. The zero-order valence-electron chi connectivity index (χ0n) is 9.66. The Morgan fingerprint density at radius 1 is 1.38 bits per heavy atom. The van der Waals surface area contributed by atoms with E-state index in [1.165, 1.54) is 17.7 Å². The van der Waals surface area contributed by atoms with Gasteiger partial charge in [-0.25, -0.2) is 0 Å². The summed E-state index contributed by atoms with van der Waals surface area (Å²) in [5.74, 6) is 0.0303. The van der Waals surface area contributed by atoms with E-state index in [1.54, 1.807) is 0 Å². The molecule has 4 heteroatoms. The van der Waals surface area contributed by atoms with Gasteiger partial charge >= 0.3 is 0 Å². The Labute approximate surface area is 95.4 Å². The number of carbonyl (C=O) groups is 2. The SMILES string of the molecule is CC1(CNC2CC(=O)N(C3CC3)C2=O)CC1. The molecule has 3 fully saturated rings. The van der Waals surface area contributed by atoms with Crippen LogP contribution in [0.15, 0.2) is 0 Å². The molecule has 0 aromatic rings. The molecule has 3 aliphatic rings. The lowest BCUT2D eigenvalue weighted by Crippen LogP contribution is -2.41. The highest BCUT2D eigenvalue weighted by atomic mass is 16.2. The number of nitrogens with one attached hydrogen (secondary N) is 1. The highest BCUT2D eigenvalue weighted by Crippen LogP contribution is 2.44. The van der Waals surface area contributed by atoms with Crippen LogP contribution in [-0.4, -0.2) is 35.3 Å². The molecular weight excluding hydrogens is 204 g/mol. The van der Waals surface area contributed by atoms with Crippen LogP contribution < -0.4 is 5.32 Å². The van der Waals surface area contributed by atoms with Gasteiger partial charge in [0, 0.05) is 12.6 Å². The van der Waals surface area contributed by atoms with Crippen molar-refractivity contribution in [2.75, 3.05) is 6.54 Å². The first-order valence-electron chi connectivity index (χ1n) is 6.18. The third-order valence-electron chi connectivity index (χ3n) is 3.97.